The summed E-state index contributed by atoms with van der Waals surface area (Å²) in [6, 6.07) is 7.07. The zero-order valence-corrected chi connectivity index (χ0v) is 13.7. The molecule has 1 aliphatic rings. The summed E-state index contributed by atoms with van der Waals surface area (Å²) in [6.07, 6.45) is 6.54. The van der Waals surface area contributed by atoms with Gasteiger partial charge in [0, 0.05) is 23.9 Å². The summed E-state index contributed by atoms with van der Waals surface area (Å²) in [6.45, 7) is 0.110. The van der Waals surface area contributed by atoms with Gasteiger partial charge < -0.3 is 10.1 Å². The standard InChI is InChI=1S/C16H23NO4S/c1-22(19,20)11-10-21-15-9-5-8-14(12-15)17-16(18)13-6-3-2-4-7-13/h5,8-9,12-13H,2-4,6-7,10-11H2,1H3,(H,17,18). The fourth-order valence-corrected chi connectivity index (χ4v) is 2.97. The molecule has 0 bridgehead atoms. The van der Waals surface area contributed by atoms with Gasteiger partial charge in [0.2, 0.25) is 5.91 Å². The topological polar surface area (TPSA) is 72.5 Å². The lowest BCUT2D eigenvalue weighted by atomic mass is 9.88. The number of hydrogen-bond acceptors (Lipinski definition) is 4. The molecule has 0 saturated heterocycles. The van der Waals surface area contributed by atoms with Crippen molar-refractivity contribution in [1.29, 1.82) is 0 Å². The van der Waals surface area contributed by atoms with Crippen molar-refractivity contribution in [2.45, 2.75) is 32.1 Å². The van der Waals surface area contributed by atoms with Crippen LogP contribution < -0.4 is 10.1 Å². The first kappa shape index (κ1) is 16.8. The van der Waals surface area contributed by atoms with Crippen LogP contribution in [0.25, 0.3) is 0 Å². The van der Waals surface area contributed by atoms with Crippen LogP contribution in [-0.4, -0.2) is 32.9 Å². The van der Waals surface area contributed by atoms with Gasteiger partial charge in [0.25, 0.3) is 0 Å². The van der Waals surface area contributed by atoms with Crippen LogP contribution >= 0.6 is 0 Å². The summed E-state index contributed by atoms with van der Waals surface area (Å²) in [5.74, 6) is 0.702. The zero-order valence-electron chi connectivity index (χ0n) is 12.9. The normalized spacial score (nSPS) is 16.2. The van der Waals surface area contributed by atoms with E-state index in [1.807, 2.05) is 6.07 Å². The Morgan fingerprint density at radius 3 is 2.68 bits per heavy atom. The number of amides is 1. The number of hydrogen-bond donors (Lipinski definition) is 1. The molecule has 0 radical (unpaired) electrons. The molecule has 0 aliphatic heterocycles. The molecule has 0 spiro atoms. The molecule has 0 atom stereocenters. The summed E-state index contributed by atoms with van der Waals surface area (Å²) in [5, 5.41) is 2.92. The number of carbonyl (C=O) groups is 1. The molecule has 5 nitrogen and oxygen atoms in total. The van der Waals surface area contributed by atoms with Crippen molar-refractivity contribution in [2.75, 3.05) is 23.9 Å². The van der Waals surface area contributed by atoms with E-state index in [-0.39, 0.29) is 24.2 Å². The predicted octanol–water partition coefficient (Wildman–Crippen LogP) is 2.63. The highest BCUT2D eigenvalue weighted by Crippen LogP contribution is 2.25. The van der Waals surface area contributed by atoms with Crippen LogP contribution in [0.1, 0.15) is 32.1 Å². The Bertz CT molecular complexity index is 606. The molecule has 1 aliphatic carbocycles. The first-order valence-electron chi connectivity index (χ1n) is 7.65. The lowest BCUT2D eigenvalue weighted by Crippen LogP contribution is -2.24. The van der Waals surface area contributed by atoms with Crippen molar-refractivity contribution >= 4 is 21.4 Å². The van der Waals surface area contributed by atoms with E-state index < -0.39 is 9.84 Å². The second kappa shape index (κ2) is 7.63. The molecule has 1 aromatic carbocycles. The zero-order chi connectivity index (χ0) is 16.0. The quantitative estimate of drug-likeness (QED) is 0.872. The van der Waals surface area contributed by atoms with Crippen LogP contribution in [0, 0.1) is 5.92 Å². The van der Waals surface area contributed by atoms with Crippen LogP contribution in [0.3, 0.4) is 0 Å². The van der Waals surface area contributed by atoms with Crippen LogP contribution in [0.4, 0.5) is 5.69 Å². The largest absolute Gasteiger partial charge is 0.492 e. The molecule has 0 unspecified atom stereocenters. The summed E-state index contributed by atoms with van der Waals surface area (Å²) < 4.78 is 27.6. The SMILES string of the molecule is CS(=O)(=O)CCOc1cccc(NC(=O)C2CCCCC2)c1. The molecule has 1 fully saturated rings. The van der Waals surface area contributed by atoms with Gasteiger partial charge in [0.15, 0.2) is 9.84 Å². The van der Waals surface area contributed by atoms with Crippen molar-refractivity contribution < 1.29 is 17.9 Å². The van der Waals surface area contributed by atoms with E-state index in [1.165, 1.54) is 12.7 Å². The summed E-state index contributed by atoms with van der Waals surface area (Å²) in [5.41, 5.74) is 0.687. The summed E-state index contributed by atoms with van der Waals surface area (Å²) in [4.78, 5) is 12.2. The first-order valence-corrected chi connectivity index (χ1v) is 9.71. The van der Waals surface area contributed by atoms with E-state index >= 15 is 0 Å². The van der Waals surface area contributed by atoms with Crippen molar-refractivity contribution in [3.05, 3.63) is 24.3 Å². The molecular formula is C16H23NO4S. The number of rotatable bonds is 6. The second-order valence-electron chi connectivity index (χ2n) is 5.83. The van der Waals surface area contributed by atoms with E-state index in [4.69, 9.17) is 4.74 Å². The Labute approximate surface area is 132 Å². The van der Waals surface area contributed by atoms with Gasteiger partial charge in [-0.2, -0.15) is 0 Å². The van der Waals surface area contributed by atoms with E-state index in [0.29, 0.717) is 11.4 Å². The summed E-state index contributed by atoms with van der Waals surface area (Å²) >= 11 is 0. The van der Waals surface area contributed by atoms with Gasteiger partial charge in [-0.3, -0.25) is 4.79 Å². The number of anilines is 1. The minimum absolute atomic E-state index is 0.0222. The van der Waals surface area contributed by atoms with Crippen molar-refractivity contribution in [1.82, 2.24) is 0 Å². The fourth-order valence-electron chi connectivity index (χ4n) is 2.58. The third-order valence-corrected chi connectivity index (χ3v) is 4.71. The number of benzene rings is 1. The highest BCUT2D eigenvalue weighted by atomic mass is 32.2. The first-order chi connectivity index (χ1) is 10.4. The molecular weight excluding hydrogens is 302 g/mol. The summed E-state index contributed by atoms with van der Waals surface area (Å²) in [7, 11) is -3.03. The van der Waals surface area contributed by atoms with Gasteiger partial charge in [-0.25, -0.2) is 8.42 Å². The lowest BCUT2D eigenvalue weighted by molar-refractivity contribution is -0.120. The molecule has 1 saturated carbocycles. The molecule has 0 heterocycles. The van der Waals surface area contributed by atoms with Gasteiger partial charge in [-0.15, -0.1) is 0 Å². The minimum Gasteiger partial charge on any atom is -0.492 e. The monoisotopic (exact) mass is 325 g/mol. The Morgan fingerprint density at radius 2 is 2.00 bits per heavy atom. The third kappa shape index (κ3) is 5.67. The molecule has 122 valence electrons. The van der Waals surface area contributed by atoms with E-state index in [2.05, 4.69) is 5.32 Å². The van der Waals surface area contributed by atoms with Gasteiger partial charge in [0.1, 0.15) is 12.4 Å². The lowest BCUT2D eigenvalue weighted by Gasteiger charge is -2.20. The number of nitrogens with one attached hydrogen (secondary N) is 1. The molecule has 2 rings (SSSR count). The van der Waals surface area contributed by atoms with E-state index in [9.17, 15) is 13.2 Å². The average molecular weight is 325 g/mol. The van der Waals surface area contributed by atoms with Crippen LogP contribution in [0.15, 0.2) is 24.3 Å². The molecule has 22 heavy (non-hydrogen) atoms. The molecule has 1 N–H and O–H groups in total. The van der Waals surface area contributed by atoms with Gasteiger partial charge in [0.05, 0.1) is 5.75 Å². The van der Waals surface area contributed by atoms with Gasteiger partial charge in [-0.1, -0.05) is 25.3 Å². The Morgan fingerprint density at radius 1 is 1.27 bits per heavy atom. The van der Waals surface area contributed by atoms with Gasteiger partial charge >= 0.3 is 0 Å². The van der Waals surface area contributed by atoms with Gasteiger partial charge in [-0.05, 0) is 25.0 Å². The maximum Gasteiger partial charge on any atom is 0.227 e. The van der Waals surface area contributed by atoms with Crippen LogP contribution in [-0.2, 0) is 14.6 Å². The van der Waals surface area contributed by atoms with E-state index in [0.717, 1.165) is 25.7 Å². The Kier molecular flexibility index (Phi) is 5.83. The Hall–Kier alpha value is -1.56. The third-order valence-electron chi connectivity index (χ3n) is 3.80. The van der Waals surface area contributed by atoms with Crippen molar-refractivity contribution in [3.63, 3.8) is 0 Å². The fraction of sp³-hybridized carbons (Fsp3) is 0.562. The maximum absolute atomic E-state index is 12.2. The van der Waals surface area contributed by atoms with Crippen molar-refractivity contribution in [2.24, 2.45) is 5.92 Å². The smallest absolute Gasteiger partial charge is 0.227 e. The maximum atomic E-state index is 12.2. The average Bonchev–Trinajstić information content (AvgIpc) is 2.47. The van der Waals surface area contributed by atoms with Crippen LogP contribution in [0.5, 0.6) is 5.75 Å². The molecule has 0 aromatic heterocycles. The minimum atomic E-state index is -3.03. The number of carbonyl (C=O) groups excluding carboxylic acids is 1. The van der Waals surface area contributed by atoms with E-state index in [1.54, 1.807) is 18.2 Å². The predicted molar refractivity (Wildman–Crippen MR) is 86.9 cm³/mol. The molecule has 6 heteroatoms. The number of sulfone groups is 1. The molecule has 1 aromatic rings. The number of ether oxygens (including phenoxy) is 1. The van der Waals surface area contributed by atoms with Crippen molar-refractivity contribution in [3.8, 4) is 5.75 Å². The molecule has 1 amide bonds. The Balaban J connectivity index is 1.89. The highest BCUT2D eigenvalue weighted by molar-refractivity contribution is 7.90. The second-order valence-corrected chi connectivity index (χ2v) is 8.09. The van der Waals surface area contributed by atoms with Crippen LogP contribution in [0.2, 0.25) is 0 Å². The highest BCUT2D eigenvalue weighted by Gasteiger charge is 2.21.